The predicted octanol–water partition coefficient (Wildman–Crippen LogP) is -0.0312. The molecule has 0 aromatic carbocycles. The number of primary sulfonamides is 1. The Balaban J connectivity index is 2.69. The minimum atomic E-state index is -3.48. The summed E-state index contributed by atoms with van der Waals surface area (Å²) in [5, 5.41) is 13.5. The zero-order chi connectivity index (χ0) is 8.54. The molecule has 5 heteroatoms. The minimum Gasteiger partial charge on any atom is -0.229 e. The molecule has 0 unspecified atom stereocenters. The van der Waals surface area contributed by atoms with E-state index in [2.05, 4.69) is 0 Å². The molecule has 0 heterocycles. The molecule has 0 amide bonds. The standard InChI is InChI=1S/C6H10N2O2S/c7-4-6(2-1-3-6)5-11(8,9)10/h1-3,5H2,(H2,8,9,10). The number of sulfonamides is 1. The smallest absolute Gasteiger partial charge is 0.210 e. The van der Waals surface area contributed by atoms with Crippen molar-refractivity contribution >= 4 is 10.0 Å². The molecule has 1 aliphatic carbocycles. The summed E-state index contributed by atoms with van der Waals surface area (Å²) in [6, 6.07) is 2.01. The first-order chi connectivity index (χ1) is 4.97. The quantitative estimate of drug-likeness (QED) is 0.638. The molecule has 0 aliphatic heterocycles. The van der Waals surface area contributed by atoms with E-state index >= 15 is 0 Å². The van der Waals surface area contributed by atoms with Crippen molar-refractivity contribution in [2.45, 2.75) is 19.3 Å². The third-order valence-electron chi connectivity index (χ3n) is 2.03. The van der Waals surface area contributed by atoms with Crippen molar-refractivity contribution < 1.29 is 8.42 Å². The van der Waals surface area contributed by atoms with Crippen LogP contribution in [0.4, 0.5) is 0 Å². The highest BCUT2D eigenvalue weighted by Crippen LogP contribution is 2.40. The molecule has 1 aliphatic rings. The topological polar surface area (TPSA) is 83.9 Å². The van der Waals surface area contributed by atoms with Crippen LogP contribution in [0.25, 0.3) is 0 Å². The van der Waals surface area contributed by atoms with E-state index in [9.17, 15) is 8.42 Å². The van der Waals surface area contributed by atoms with Gasteiger partial charge >= 0.3 is 0 Å². The minimum absolute atomic E-state index is 0.184. The van der Waals surface area contributed by atoms with E-state index in [0.717, 1.165) is 6.42 Å². The Bertz CT molecular complexity index is 284. The van der Waals surface area contributed by atoms with Gasteiger partial charge in [0, 0.05) is 0 Å². The van der Waals surface area contributed by atoms with Crippen molar-refractivity contribution in [2.75, 3.05) is 5.75 Å². The Morgan fingerprint density at radius 3 is 2.18 bits per heavy atom. The molecule has 0 radical (unpaired) electrons. The molecule has 0 aromatic rings. The second-order valence-corrected chi connectivity index (χ2v) is 4.67. The second kappa shape index (κ2) is 2.47. The maximum atomic E-state index is 10.6. The van der Waals surface area contributed by atoms with E-state index < -0.39 is 15.4 Å². The average Bonchev–Trinajstić information content (AvgIpc) is 1.77. The fraction of sp³-hybridized carbons (Fsp3) is 0.833. The van der Waals surface area contributed by atoms with Crippen LogP contribution in [0, 0.1) is 16.7 Å². The van der Waals surface area contributed by atoms with Crippen molar-refractivity contribution in [3.8, 4) is 6.07 Å². The molecule has 0 bridgehead atoms. The molecule has 0 saturated heterocycles. The lowest BCUT2D eigenvalue weighted by atomic mass is 9.72. The molecule has 0 spiro atoms. The molecular weight excluding hydrogens is 164 g/mol. The van der Waals surface area contributed by atoms with Gasteiger partial charge in [-0.15, -0.1) is 0 Å². The van der Waals surface area contributed by atoms with E-state index in [0.29, 0.717) is 12.8 Å². The zero-order valence-corrected chi connectivity index (χ0v) is 6.89. The Kier molecular flexibility index (Phi) is 1.90. The summed E-state index contributed by atoms with van der Waals surface area (Å²) in [4.78, 5) is 0. The average molecular weight is 174 g/mol. The van der Waals surface area contributed by atoms with E-state index in [1.807, 2.05) is 6.07 Å². The molecule has 1 saturated carbocycles. The lowest BCUT2D eigenvalue weighted by Gasteiger charge is -2.33. The summed E-state index contributed by atoms with van der Waals surface area (Å²) in [5.41, 5.74) is -0.659. The summed E-state index contributed by atoms with van der Waals surface area (Å²) >= 11 is 0. The first kappa shape index (κ1) is 8.50. The summed E-state index contributed by atoms with van der Waals surface area (Å²) < 4.78 is 21.3. The normalized spacial score (nSPS) is 21.8. The Morgan fingerprint density at radius 2 is 2.09 bits per heavy atom. The number of nitrogens with zero attached hydrogens (tertiary/aromatic N) is 1. The number of nitrogens with two attached hydrogens (primary N) is 1. The summed E-state index contributed by atoms with van der Waals surface area (Å²) in [6.07, 6.45) is 2.27. The van der Waals surface area contributed by atoms with Crippen LogP contribution in [0.2, 0.25) is 0 Å². The Morgan fingerprint density at radius 1 is 1.55 bits per heavy atom. The van der Waals surface area contributed by atoms with E-state index in [1.165, 1.54) is 0 Å². The number of hydrogen-bond acceptors (Lipinski definition) is 3. The number of nitriles is 1. The van der Waals surface area contributed by atoms with Gasteiger partial charge in [0.25, 0.3) is 0 Å². The highest BCUT2D eigenvalue weighted by molar-refractivity contribution is 7.89. The number of hydrogen-bond donors (Lipinski definition) is 1. The maximum Gasteiger partial charge on any atom is 0.210 e. The fourth-order valence-corrected chi connectivity index (χ4v) is 2.40. The van der Waals surface area contributed by atoms with Crippen LogP contribution in [0.1, 0.15) is 19.3 Å². The van der Waals surface area contributed by atoms with Gasteiger partial charge in [-0.25, -0.2) is 13.6 Å². The van der Waals surface area contributed by atoms with Crippen molar-refractivity contribution in [3.63, 3.8) is 0 Å². The van der Waals surface area contributed by atoms with Crippen molar-refractivity contribution in [2.24, 2.45) is 10.6 Å². The zero-order valence-electron chi connectivity index (χ0n) is 6.08. The lowest BCUT2D eigenvalue weighted by molar-refractivity contribution is 0.247. The lowest BCUT2D eigenvalue weighted by Crippen LogP contribution is -2.37. The van der Waals surface area contributed by atoms with Crippen LogP contribution in [-0.2, 0) is 10.0 Å². The molecule has 0 atom stereocenters. The highest BCUT2D eigenvalue weighted by Gasteiger charge is 2.40. The second-order valence-electron chi connectivity index (χ2n) is 3.05. The van der Waals surface area contributed by atoms with Gasteiger partial charge < -0.3 is 0 Å². The molecule has 1 rings (SSSR count). The van der Waals surface area contributed by atoms with E-state index in [1.54, 1.807) is 0 Å². The van der Waals surface area contributed by atoms with Crippen LogP contribution in [0.3, 0.4) is 0 Å². The van der Waals surface area contributed by atoms with Crippen molar-refractivity contribution in [3.05, 3.63) is 0 Å². The van der Waals surface area contributed by atoms with Crippen molar-refractivity contribution in [1.82, 2.24) is 0 Å². The van der Waals surface area contributed by atoms with Crippen LogP contribution in [-0.4, -0.2) is 14.2 Å². The number of rotatable bonds is 2. The first-order valence-electron chi connectivity index (χ1n) is 3.39. The predicted molar refractivity (Wildman–Crippen MR) is 39.9 cm³/mol. The third kappa shape index (κ3) is 1.91. The SMILES string of the molecule is N#CC1(CS(N)(=O)=O)CCC1. The summed E-state index contributed by atoms with van der Waals surface area (Å²) in [7, 11) is -3.48. The molecule has 62 valence electrons. The van der Waals surface area contributed by atoms with Crippen LogP contribution >= 0.6 is 0 Å². The summed E-state index contributed by atoms with van der Waals surface area (Å²) in [5.74, 6) is -0.184. The molecule has 2 N–H and O–H groups in total. The first-order valence-corrected chi connectivity index (χ1v) is 5.11. The molecule has 4 nitrogen and oxygen atoms in total. The monoisotopic (exact) mass is 174 g/mol. The van der Waals surface area contributed by atoms with Gasteiger partial charge in [0.15, 0.2) is 0 Å². The van der Waals surface area contributed by atoms with Gasteiger partial charge in [-0.05, 0) is 12.8 Å². The van der Waals surface area contributed by atoms with Crippen LogP contribution < -0.4 is 5.14 Å². The van der Waals surface area contributed by atoms with Gasteiger partial charge in [0.1, 0.15) is 0 Å². The highest BCUT2D eigenvalue weighted by atomic mass is 32.2. The van der Waals surface area contributed by atoms with E-state index in [4.69, 9.17) is 10.4 Å². The van der Waals surface area contributed by atoms with E-state index in [-0.39, 0.29) is 5.75 Å². The Labute approximate surface area is 66.1 Å². The van der Waals surface area contributed by atoms with Gasteiger partial charge in [0.2, 0.25) is 10.0 Å². The summed E-state index contributed by atoms with van der Waals surface area (Å²) in [6.45, 7) is 0. The fourth-order valence-electron chi connectivity index (χ4n) is 1.28. The van der Waals surface area contributed by atoms with Gasteiger partial charge in [-0.1, -0.05) is 6.42 Å². The van der Waals surface area contributed by atoms with Gasteiger partial charge in [0.05, 0.1) is 17.2 Å². The van der Waals surface area contributed by atoms with Gasteiger partial charge in [-0.2, -0.15) is 5.26 Å². The molecule has 1 fully saturated rings. The van der Waals surface area contributed by atoms with Gasteiger partial charge in [-0.3, -0.25) is 0 Å². The van der Waals surface area contributed by atoms with Crippen molar-refractivity contribution in [1.29, 1.82) is 5.26 Å². The molecule has 0 aromatic heterocycles. The van der Waals surface area contributed by atoms with Crippen LogP contribution in [0.15, 0.2) is 0 Å². The molecule has 11 heavy (non-hydrogen) atoms. The largest absolute Gasteiger partial charge is 0.229 e. The maximum absolute atomic E-state index is 10.6. The van der Waals surface area contributed by atoms with Crippen LogP contribution in [0.5, 0.6) is 0 Å². The molecular formula is C6H10N2O2S. The third-order valence-corrected chi connectivity index (χ3v) is 2.98. The Hall–Kier alpha value is -0.600.